The van der Waals surface area contributed by atoms with Crippen LogP contribution in [0, 0.1) is 0 Å². The molecule has 2 amide bonds. The van der Waals surface area contributed by atoms with Gasteiger partial charge in [0.2, 0.25) is 11.8 Å². The van der Waals surface area contributed by atoms with E-state index in [4.69, 9.17) is 16.3 Å². The molecule has 29 heavy (non-hydrogen) atoms. The number of thiazole rings is 1. The van der Waals surface area contributed by atoms with Gasteiger partial charge in [-0.2, -0.15) is 0 Å². The van der Waals surface area contributed by atoms with Gasteiger partial charge in [0.1, 0.15) is 17.4 Å². The Morgan fingerprint density at radius 1 is 1.07 bits per heavy atom. The summed E-state index contributed by atoms with van der Waals surface area (Å²) in [5.41, 5.74) is 1.30. The summed E-state index contributed by atoms with van der Waals surface area (Å²) in [5.74, 6) is 0.128. The lowest BCUT2D eigenvalue weighted by atomic mass is 10.3. The Morgan fingerprint density at radius 3 is 2.52 bits per heavy atom. The number of nitrogens with one attached hydrogen (secondary N) is 2. The van der Waals surface area contributed by atoms with Crippen molar-refractivity contribution in [2.24, 2.45) is 0 Å². The Bertz CT molecular complexity index is 977. The van der Waals surface area contributed by atoms with Crippen LogP contribution in [0.25, 0.3) is 0 Å². The number of halogens is 2. The highest BCUT2D eigenvalue weighted by atomic mass is 79.9. The number of rotatable bonds is 8. The molecule has 0 aliphatic heterocycles. The second-order valence-electron chi connectivity index (χ2n) is 5.98. The van der Waals surface area contributed by atoms with Crippen molar-refractivity contribution >= 4 is 56.4 Å². The molecule has 0 fully saturated rings. The van der Waals surface area contributed by atoms with Gasteiger partial charge < -0.3 is 15.4 Å². The third kappa shape index (κ3) is 7.16. The largest absolute Gasteiger partial charge is 0.486 e. The van der Waals surface area contributed by atoms with Crippen LogP contribution in [0.1, 0.15) is 10.7 Å². The second kappa shape index (κ2) is 10.4. The first kappa shape index (κ1) is 21.3. The lowest BCUT2D eigenvalue weighted by Gasteiger charge is -2.06. The summed E-state index contributed by atoms with van der Waals surface area (Å²) < 4.78 is 6.56. The van der Waals surface area contributed by atoms with Gasteiger partial charge >= 0.3 is 0 Å². The molecule has 1 heterocycles. The lowest BCUT2D eigenvalue weighted by molar-refractivity contribution is -0.123. The molecule has 150 valence electrons. The molecule has 0 saturated heterocycles. The van der Waals surface area contributed by atoms with Crippen LogP contribution in [0.5, 0.6) is 5.75 Å². The van der Waals surface area contributed by atoms with Crippen molar-refractivity contribution in [3.8, 4) is 5.75 Å². The van der Waals surface area contributed by atoms with E-state index in [-0.39, 0.29) is 24.8 Å². The third-order valence-electron chi connectivity index (χ3n) is 3.69. The van der Waals surface area contributed by atoms with Gasteiger partial charge in [-0.3, -0.25) is 9.59 Å². The molecule has 2 N–H and O–H groups in total. The number of hydrogen-bond acceptors (Lipinski definition) is 5. The molecule has 0 spiro atoms. The number of aromatic nitrogens is 1. The Balaban J connectivity index is 1.40. The average Bonchev–Trinajstić information content (AvgIpc) is 3.15. The number of nitrogens with zero attached hydrogens (tertiary/aromatic N) is 1. The molecule has 0 saturated carbocycles. The zero-order valence-electron chi connectivity index (χ0n) is 15.2. The van der Waals surface area contributed by atoms with Crippen molar-refractivity contribution < 1.29 is 14.3 Å². The summed E-state index contributed by atoms with van der Waals surface area (Å²) in [4.78, 5) is 28.4. The van der Waals surface area contributed by atoms with Crippen molar-refractivity contribution in [1.82, 2.24) is 10.3 Å². The van der Waals surface area contributed by atoms with Gasteiger partial charge in [0.15, 0.2) is 0 Å². The fourth-order valence-corrected chi connectivity index (χ4v) is 3.41. The molecule has 0 bridgehead atoms. The molecule has 0 aliphatic carbocycles. The van der Waals surface area contributed by atoms with E-state index < -0.39 is 0 Å². The number of carbonyl (C=O) groups is 2. The van der Waals surface area contributed by atoms with Crippen molar-refractivity contribution in [3.63, 3.8) is 0 Å². The number of anilines is 1. The molecular formula is C20H17BrClN3O3S. The monoisotopic (exact) mass is 493 g/mol. The van der Waals surface area contributed by atoms with Crippen molar-refractivity contribution in [1.29, 1.82) is 0 Å². The van der Waals surface area contributed by atoms with Crippen LogP contribution in [0.2, 0.25) is 5.02 Å². The smallest absolute Gasteiger partial charge is 0.243 e. The van der Waals surface area contributed by atoms with Gasteiger partial charge in [-0.15, -0.1) is 11.3 Å². The lowest BCUT2D eigenvalue weighted by Crippen LogP contribution is -2.33. The molecule has 2 aromatic carbocycles. The van der Waals surface area contributed by atoms with E-state index in [0.717, 1.165) is 9.48 Å². The van der Waals surface area contributed by atoms with E-state index in [9.17, 15) is 9.59 Å². The topological polar surface area (TPSA) is 80.3 Å². The van der Waals surface area contributed by atoms with Gasteiger partial charge in [-0.25, -0.2) is 4.98 Å². The standard InChI is InChI=1S/C20H17BrClN3O3S/c21-13-1-5-15(6-2-13)24-19(27)10-23-18(26)9-16-12-29-20(25-16)11-28-17-7-3-14(22)4-8-17/h1-8,12H,9-11H2,(H,23,26)(H,24,27). The van der Waals surface area contributed by atoms with E-state index in [0.29, 0.717) is 28.8 Å². The van der Waals surface area contributed by atoms with Gasteiger partial charge in [-0.1, -0.05) is 27.5 Å². The quantitative estimate of drug-likeness (QED) is 0.485. The fourth-order valence-electron chi connectivity index (χ4n) is 2.32. The maximum atomic E-state index is 12.1. The predicted molar refractivity (Wildman–Crippen MR) is 117 cm³/mol. The minimum Gasteiger partial charge on any atom is -0.486 e. The van der Waals surface area contributed by atoms with Crippen LogP contribution in [0.15, 0.2) is 58.4 Å². The van der Waals surface area contributed by atoms with Gasteiger partial charge in [0.25, 0.3) is 0 Å². The van der Waals surface area contributed by atoms with Gasteiger partial charge in [0, 0.05) is 20.6 Å². The highest BCUT2D eigenvalue weighted by Crippen LogP contribution is 2.18. The highest BCUT2D eigenvalue weighted by molar-refractivity contribution is 9.10. The molecule has 0 radical (unpaired) electrons. The highest BCUT2D eigenvalue weighted by Gasteiger charge is 2.10. The minimum atomic E-state index is -0.295. The van der Waals surface area contributed by atoms with Crippen LogP contribution < -0.4 is 15.4 Å². The average molecular weight is 495 g/mol. The first-order chi connectivity index (χ1) is 14.0. The van der Waals surface area contributed by atoms with E-state index >= 15 is 0 Å². The zero-order valence-corrected chi connectivity index (χ0v) is 18.3. The molecule has 0 aliphatic rings. The summed E-state index contributed by atoms with van der Waals surface area (Å²) in [7, 11) is 0. The van der Waals surface area contributed by atoms with Crippen LogP contribution in [-0.4, -0.2) is 23.3 Å². The SMILES string of the molecule is O=C(Cc1csc(COc2ccc(Cl)cc2)n1)NCC(=O)Nc1ccc(Br)cc1. The number of benzene rings is 2. The Kier molecular flexibility index (Phi) is 7.62. The van der Waals surface area contributed by atoms with E-state index in [2.05, 4.69) is 31.5 Å². The minimum absolute atomic E-state index is 0.100. The maximum Gasteiger partial charge on any atom is 0.243 e. The molecule has 3 aromatic rings. The van der Waals surface area contributed by atoms with Crippen molar-refractivity contribution in [2.75, 3.05) is 11.9 Å². The normalized spacial score (nSPS) is 10.4. The Morgan fingerprint density at radius 2 is 1.79 bits per heavy atom. The van der Waals surface area contributed by atoms with Crippen LogP contribution in [0.4, 0.5) is 5.69 Å². The number of amides is 2. The molecule has 9 heteroatoms. The summed E-state index contributed by atoms with van der Waals surface area (Å²) in [6.07, 6.45) is 0.100. The molecule has 0 atom stereocenters. The number of carbonyl (C=O) groups excluding carboxylic acids is 2. The number of ether oxygens (including phenoxy) is 1. The predicted octanol–water partition coefficient (Wildman–Crippen LogP) is 4.44. The summed E-state index contributed by atoms with van der Waals surface area (Å²) in [6.45, 7) is 0.203. The Labute approximate surface area is 185 Å². The maximum absolute atomic E-state index is 12.1. The fraction of sp³-hybridized carbons (Fsp3) is 0.150. The van der Waals surface area contributed by atoms with Gasteiger partial charge in [-0.05, 0) is 48.5 Å². The Hall–Kier alpha value is -2.42. The summed E-state index contributed by atoms with van der Waals surface area (Å²) in [5, 5.41) is 8.52. The number of hydrogen-bond donors (Lipinski definition) is 2. The van der Waals surface area contributed by atoms with E-state index in [1.165, 1.54) is 11.3 Å². The van der Waals surface area contributed by atoms with E-state index in [1.807, 2.05) is 17.5 Å². The van der Waals surface area contributed by atoms with Crippen molar-refractivity contribution in [2.45, 2.75) is 13.0 Å². The molecule has 1 aromatic heterocycles. The van der Waals surface area contributed by atoms with Crippen LogP contribution in [0.3, 0.4) is 0 Å². The summed E-state index contributed by atoms with van der Waals surface area (Å²) >= 11 is 10.6. The molecule has 0 unspecified atom stereocenters. The second-order valence-corrected chi connectivity index (χ2v) is 8.28. The third-order valence-corrected chi connectivity index (χ3v) is 5.34. The molecule has 6 nitrogen and oxygen atoms in total. The van der Waals surface area contributed by atoms with Gasteiger partial charge in [0.05, 0.1) is 18.7 Å². The van der Waals surface area contributed by atoms with Crippen LogP contribution in [-0.2, 0) is 22.6 Å². The summed E-state index contributed by atoms with van der Waals surface area (Å²) in [6, 6.07) is 14.3. The first-order valence-electron chi connectivity index (χ1n) is 8.62. The zero-order chi connectivity index (χ0) is 20.6. The van der Waals surface area contributed by atoms with Crippen molar-refractivity contribution in [3.05, 3.63) is 74.1 Å². The van der Waals surface area contributed by atoms with E-state index in [1.54, 1.807) is 36.4 Å². The molecular weight excluding hydrogens is 478 g/mol. The first-order valence-corrected chi connectivity index (χ1v) is 10.7. The van der Waals surface area contributed by atoms with Crippen LogP contribution >= 0.6 is 38.9 Å². The molecule has 3 rings (SSSR count).